The number of para-hydroxylation sites is 1. The third kappa shape index (κ3) is 2.96. The first kappa shape index (κ1) is 12.2. The van der Waals surface area contributed by atoms with Gasteiger partial charge in [0.25, 0.3) is 0 Å². The van der Waals surface area contributed by atoms with Crippen LogP contribution >= 0.6 is 0 Å². The van der Waals surface area contributed by atoms with Crippen molar-refractivity contribution < 1.29 is 9.21 Å². The number of carbonyl (C=O) groups is 1. The summed E-state index contributed by atoms with van der Waals surface area (Å²) in [6.45, 7) is 2.33. The minimum Gasteiger partial charge on any atom is -0.459 e. The summed E-state index contributed by atoms with van der Waals surface area (Å²) >= 11 is 0. The largest absolute Gasteiger partial charge is 0.459 e. The van der Waals surface area contributed by atoms with Gasteiger partial charge in [-0.1, -0.05) is 18.2 Å². The van der Waals surface area contributed by atoms with Crippen molar-refractivity contribution in [3.63, 3.8) is 0 Å². The molecule has 0 bridgehead atoms. The summed E-state index contributed by atoms with van der Waals surface area (Å²) in [6.07, 6.45) is 2.23. The Morgan fingerprint density at radius 2 is 2.21 bits per heavy atom. The molecule has 1 aromatic heterocycles. The van der Waals surface area contributed by atoms with Crippen LogP contribution in [-0.4, -0.2) is 18.5 Å². The molecular weight excluding hydrogens is 240 g/mol. The summed E-state index contributed by atoms with van der Waals surface area (Å²) in [4.78, 5) is 11.6. The molecule has 4 nitrogen and oxygen atoms in total. The third-order valence-electron chi connectivity index (χ3n) is 3.38. The van der Waals surface area contributed by atoms with E-state index in [0.29, 0.717) is 12.6 Å². The number of nitrogens with one attached hydrogen (secondary N) is 2. The van der Waals surface area contributed by atoms with Crippen LogP contribution in [0.2, 0.25) is 0 Å². The fraction of sp³-hybridized carbons (Fsp3) is 0.400. The summed E-state index contributed by atoms with van der Waals surface area (Å²) in [5, 5.41) is 7.23. The fourth-order valence-electron chi connectivity index (χ4n) is 2.07. The Labute approximate surface area is 112 Å². The van der Waals surface area contributed by atoms with Gasteiger partial charge in [-0.15, -0.1) is 0 Å². The molecule has 1 fully saturated rings. The molecular formula is C15H18N2O2. The Kier molecular flexibility index (Phi) is 3.25. The molecule has 1 unspecified atom stereocenters. The summed E-state index contributed by atoms with van der Waals surface area (Å²) in [6, 6.07) is 10.4. The van der Waals surface area contributed by atoms with Gasteiger partial charge < -0.3 is 9.73 Å². The van der Waals surface area contributed by atoms with E-state index in [0.717, 1.165) is 29.6 Å². The molecule has 1 amide bonds. The Morgan fingerprint density at radius 3 is 2.95 bits per heavy atom. The van der Waals surface area contributed by atoms with Crippen molar-refractivity contribution in [2.45, 2.75) is 31.8 Å². The molecule has 0 radical (unpaired) electrons. The fourth-order valence-corrected chi connectivity index (χ4v) is 2.07. The van der Waals surface area contributed by atoms with Crippen LogP contribution in [0.3, 0.4) is 0 Å². The second kappa shape index (κ2) is 5.05. The average molecular weight is 258 g/mol. The molecule has 1 aromatic carbocycles. The third-order valence-corrected chi connectivity index (χ3v) is 3.38. The first-order valence-corrected chi connectivity index (χ1v) is 6.73. The Morgan fingerprint density at radius 1 is 1.42 bits per heavy atom. The molecule has 2 N–H and O–H groups in total. The number of hydrogen-bond donors (Lipinski definition) is 2. The van der Waals surface area contributed by atoms with Gasteiger partial charge in [-0.05, 0) is 31.9 Å². The maximum absolute atomic E-state index is 11.6. The first-order valence-electron chi connectivity index (χ1n) is 6.73. The summed E-state index contributed by atoms with van der Waals surface area (Å²) in [7, 11) is 0. The lowest BCUT2D eigenvalue weighted by Gasteiger charge is -2.10. The quantitative estimate of drug-likeness (QED) is 0.865. The second-order valence-electron chi connectivity index (χ2n) is 5.13. The highest BCUT2D eigenvalue weighted by atomic mass is 16.3. The van der Waals surface area contributed by atoms with Crippen LogP contribution in [-0.2, 0) is 4.79 Å². The predicted molar refractivity (Wildman–Crippen MR) is 73.8 cm³/mol. The molecule has 1 heterocycles. The number of furan rings is 1. The molecule has 4 heteroatoms. The Hall–Kier alpha value is -1.81. The molecule has 0 saturated heterocycles. The van der Waals surface area contributed by atoms with Crippen LogP contribution in [0.25, 0.3) is 11.0 Å². The van der Waals surface area contributed by atoms with E-state index >= 15 is 0 Å². The zero-order chi connectivity index (χ0) is 13.2. The lowest BCUT2D eigenvalue weighted by Crippen LogP contribution is -2.36. The van der Waals surface area contributed by atoms with Gasteiger partial charge in [0.1, 0.15) is 11.3 Å². The van der Waals surface area contributed by atoms with Crippen LogP contribution in [0.5, 0.6) is 0 Å². The highest BCUT2D eigenvalue weighted by Gasteiger charge is 2.23. The van der Waals surface area contributed by atoms with Crippen molar-refractivity contribution in [2.24, 2.45) is 0 Å². The normalized spacial score (nSPS) is 16.5. The topological polar surface area (TPSA) is 54.3 Å². The molecule has 3 rings (SSSR count). The SMILES string of the molecule is CC(NCC(=O)NC1CC1)c1cc2ccccc2o1. The zero-order valence-corrected chi connectivity index (χ0v) is 11.0. The second-order valence-corrected chi connectivity index (χ2v) is 5.13. The van der Waals surface area contributed by atoms with Gasteiger partial charge in [0.15, 0.2) is 0 Å². The Balaban J connectivity index is 1.59. The molecule has 1 saturated carbocycles. The minimum atomic E-state index is 0.0253. The molecule has 1 aliphatic rings. The molecule has 1 atom stereocenters. The van der Waals surface area contributed by atoms with Crippen LogP contribution in [0.1, 0.15) is 31.6 Å². The number of benzene rings is 1. The van der Waals surface area contributed by atoms with Crippen LogP contribution < -0.4 is 10.6 Å². The van der Waals surface area contributed by atoms with E-state index in [9.17, 15) is 4.79 Å². The van der Waals surface area contributed by atoms with Gasteiger partial charge in [0.05, 0.1) is 12.6 Å². The summed E-state index contributed by atoms with van der Waals surface area (Å²) in [5.41, 5.74) is 0.883. The average Bonchev–Trinajstić information content (AvgIpc) is 3.10. The highest BCUT2D eigenvalue weighted by Crippen LogP contribution is 2.23. The molecule has 0 aliphatic heterocycles. The zero-order valence-electron chi connectivity index (χ0n) is 11.0. The number of fused-ring (bicyclic) bond motifs is 1. The van der Waals surface area contributed by atoms with E-state index in [4.69, 9.17) is 4.42 Å². The summed E-state index contributed by atoms with van der Waals surface area (Å²) < 4.78 is 5.76. The van der Waals surface area contributed by atoms with Crippen LogP contribution in [0.4, 0.5) is 0 Å². The van der Waals surface area contributed by atoms with Crippen molar-refractivity contribution in [1.29, 1.82) is 0 Å². The minimum absolute atomic E-state index is 0.0253. The number of rotatable bonds is 5. The van der Waals surface area contributed by atoms with Gasteiger partial charge >= 0.3 is 0 Å². The van der Waals surface area contributed by atoms with E-state index in [1.165, 1.54) is 0 Å². The van der Waals surface area contributed by atoms with Gasteiger partial charge in [0, 0.05) is 11.4 Å². The number of carbonyl (C=O) groups excluding carboxylic acids is 1. The first-order chi connectivity index (χ1) is 9.22. The van der Waals surface area contributed by atoms with Crippen molar-refractivity contribution in [3.8, 4) is 0 Å². The lowest BCUT2D eigenvalue weighted by molar-refractivity contribution is -0.120. The predicted octanol–water partition coefficient (Wildman–Crippen LogP) is 2.36. The van der Waals surface area contributed by atoms with E-state index < -0.39 is 0 Å². The van der Waals surface area contributed by atoms with E-state index in [1.807, 2.05) is 37.3 Å². The molecule has 0 spiro atoms. The Bertz CT molecular complexity index is 554. The van der Waals surface area contributed by atoms with Crippen molar-refractivity contribution in [2.75, 3.05) is 6.54 Å². The molecule has 1 aliphatic carbocycles. The molecule has 100 valence electrons. The number of amides is 1. The maximum atomic E-state index is 11.6. The highest BCUT2D eigenvalue weighted by molar-refractivity contribution is 5.79. The van der Waals surface area contributed by atoms with E-state index in [-0.39, 0.29) is 11.9 Å². The van der Waals surface area contributed by atoms with Crippen LogP contribution in [0.15, 0.2) is 34.7 Å². The lowest BCUT2D eigenvalue weighted by atomic mass is 10.2. The summed E-state index contributed by atoms with van der Waals surface area (Å²) in [5.74, 6) is 0.922. The standard InChI is InChI=1S/C15H18N2O2/c1-10(16-9-15(18)17-12-6-7-12)14-8-11-4-2-3-5-13(11)19-14/h2-5,8,10,12,16H,6-7,9H2,1H3,(H,17,18). The van der Waals surface area contributed by atoms with Gasteiger partial charge in [-0.2, -0.15) is 0 Å². The molecule has 19 heavy (non-hydrogen) atoms. The van der Waals surface area contributed by atoms with Gasteiger partial charge in [-0.25, -0.2) is 0 Å². The van der Waals surface area contributed by atoms with Crippen molar-refractivity contribution >= 4 is 16.9 Å². The number of hydrogen-bond acceptors (Lipinski definition) is 3. The molecule has 2 aromatic rings. The van der Waals surface area contributed by atoms with Crippen molar-refractivity contribution in [3.05, 3.63) is 36.1 Å². The monoisotopic (exact) mass is 258 g/mol. The van der Waals surface area contributed by atoms with E-state index in [2.05, 4.69) is 10.6 Å². The van der Waals surface area contributed by atoms with E-state index in [1.54, 1.807) is 0 Å². The smallest absolute Gasteiger partial charge is 0.234 e. The van der Waals surface area contributed by atoms with Gasteiger partial charge in [-0.3, -0.25) is 10.1 Å². The van der Waals surface area contributed by atoms with Crippen molar-refractivity contribution in [1.82, 2.24) is 10.6 Å². The maximum Gasteiger partial charge on any atom is 0.234 e. The van der Waals surface area contributed by atoms with Crippen LogP contribution in [0, 0.1) is 0 Å². The van der Waals surface area contributed by atoms with Gasteiger partial charge in [0.2, 0.25) is 5.91 Å².